The van der Waals surface area contributed by atoms with E-state index in [0.717, 1.165) is 33.1 Å². The van der Waals surface area contributed by atoms with Gasteiger partial charge in [0.1, 0.15) is 12.4 Å². The second-order valence-corrected chi connectivity index (χ2v) is 8.87. The van der Waals surface area contributed by atoms with Crippen LogP contribution < -0.4 is 9.62 Å². The van der Waals surface area contributed by atoms with Crippen LogP contribution in [0.4, 0.5) is 10.1 Å². The molecule has 0 saturated carbocycles. The minimum Gasteiger partial charge on any atom is -0.350 e. The van der Waals surface area contributed by atoms with Gasteiger partial charge in [-0.05, 0) is 61.4 Å². The minimum atomic E-state index is -4.06. The zero-order chi connectivity index (χ0) is 21.7. The maximum Gasteiger partial charge on any atom is 0.264 e. The lowest BCUT2D eigenvalue weighted by Gasteiger charge is -2.24. The Labute approximate surface area is 176 Å². The third kappa shape index (κ3) is 5.04. The summed E-state index contributed by atoms with van der Waals surface area (Å²) in [5, 5.41) is 2.78. The van der Waals surface area contributed by atoms with Crippen LogP contribution in [0, 0.1) is 19.7 Å². The van der Waals surface area contributed by atoms with Gasteiger partial charge in [-0.3, -0.25) is 9.10 Å². The molecule has 7 heteroatoms. The normalized spacial score (nSPS) is 11.2. The van der Waals surface area contributed by atoms with Crippen molar-refractivity contribution in [1.82, 2.24) is 5.32 Å². The number of sulfonamides is 1. The summed E-state index contributed by atoms with van der Waals surface area (Å²) in [7, 11) is -4.06. The third-order valence-corrected chi connectivity index (χ3v) is 6.54. The predicted octanol–water partition coefficient (Wildman–Crippen LogP) is 3.95. The van der Waals surface area contributed by atoms with E-state index in [1.807, 2.05) is 38.1 Å². The fourth-order valence-electron chi connectivity index (χ4n) is 2.95. The molecule has 0 aliphatic rings. The number of benzene rings is 3. The number of hydrogen-bond acceptors (Lipinski definition) is 3. The first-order valence-electron chi connectivity index (χ1n) is 9.43. The van der Waals surface area contributed by atoms with Crippen molar-refractivity contribution in [2.24, 2.45) is 0 Å². The Balaban J connectivity index is 1.86. The summed E-state index contributed by atoms with van der Waals surface area (Å²) in [6.07, 6.45) is 0. The Kier molecular flexibility index (Phi) is 6.52. The van der Waals surface area contributed by atoms with Crippen LogP contribution in [-0.4, -0.2) is 20.9 Å². The van der Waals surface area contributed by atoms with Crippen molar-refractivity contribution in [3.05, 3.63) is 95.3 Å². The Morgan fingerprint density at radius 1 is 0.933 bits per heavy atom. The molecule has 0 spiro atoms. The number of nitrogens with one attached hydrogen (secondary N) is 1. The summed E-state index contributed by atoms with van der Waals surface area (Å²) in [6, 6.07) is 19.0. The molecule has 0 saturated heterocycles. The van der Waals surface area contributed by atoms with Gasteiger partial charge < -0.3 is 5.32 Å². The molecule has 0 atom stereocenters. The molecule has 1 N–H and O–H groups in total. The quantitative estimate of drug-likeness (QED) is 0.622. The van der Waals surface area contributed by atoms with E-state index < -0.39 is 28.3 Å². The Hall–Kier alpha value is -3.19. The number of rotatable bonds is 7. The summed E-state index contributed by atoms with van der Waals surface area (Å²) in [5.41, 5.74) is 3.30. The van der Waals surface area contributed by atoms with E-state index in [1.165, 1.54) is 12.1 Å². The standard InChI is InChI=1S/C23H23FN2O3S/c1-17-7-11-21(12-8-17)26(30(28,29)22-13-9-20(24)10-14-22)16-23(27)25-15-19-6-4-3-5-18(19)2/h3-14H,15-16H2,1-2H3,(H,25,27). The van der Waals surface area contributed by atoms with Gasteiger partial charge in [-0.25, -0.2) is 12.8 Å². The van der Waals surface area contributed by atoms with Crippen LogP contribution in [0.15, 0.2) is 77.7 Å². The highest BCUT2D eigenvalue weighted by Gasteiger charge is 2.27. The van der Waals surface area contributed by atoms with E-state index in [1.54, 1.807) is 24.3 Å². The number of carbonyl (C=O) groups is 1. The molecular weight excluding hydrogens is 403 g/mol. The summed E-state index contributed by atoms with van der Waals surface area (Å²) in [6.45, 7) is 3.73. The largest absolute Gasteiger partial charge is 0.350 e. The lowest BCUT2D eigenvalue weighted by atomic mass is 10.1. The zero-order valence-electron chi connectivity index (χ0n) is 16.8. The number of nitrogens with zero attached hydrogens (tertiary/aromatic N) is 1. The predicted molar refractivity (Wildman–Crippen MR) is 115 cm³/mol. The first kappa shape index (κ1) is 21.5. The molecule has 3 aromatic rings. The highest BCUT2D eigenvalue weighted by atomic mass is 32.2. The van der Waals surface area contributed by atoms with E-state index in [-0.39, 0.29) is 4.90 Å². The van der Waals surface area contributed by atoms with Crippen molar-refractivity contribution < 1.29 is 17.6 Å². The Morgan fingerprint density at radius 3 is 2.20 bits per heavy atom. The number of halogens is 1. The fraction of sp³-hybridized carbons (Fsp3) is 0.174. The van der Waals surface area contributed by atoms with Gasteiger partial charge in [0.25, 0.3) is 10.0 Å². The van der Waals surface area contributed by atoms with Crippen LogP contribution in [0.3, 0.4) is 0 Å². The van der Waals surface area contributed by atoms with E-state index in [0.29, 0.717) is 12.2 Å². The first-order chi connectivity index (χ1) is 14.3. The van der Waals surface area contributed by atoms with E-state index >= 15 is 0 Å². The van der Waals surface area contributed by atoms with Crippen LogP contribution in [-0.2, 0) is 21.4 Å². The molecule has 5 nitrogen and oxygen atoms in total. The van der Waals surface area contributed by atoms with Gasteiger partial charge in [0.05, 0.1) is 10.6 Å². The van der Waals surface area contributed by atoms with Crippen LogP contribution in [0.5, 0.6) is 0 Å². The smallest absolute Gasteiger partial charge is 0.264 e. The minimum absolute atomic E-state index is 0.0869. The SMILES string of the molecule is Cc1ccc(N(CC(=O)NCc2ccccc2C)S(=O)(=O)c2ccc(F)cc2)cc1. The molecular formula is C23H23FN2O3S. The van der Waals surface area contributed by atoms with Gasteiger partial charge in [0.2, 0.25) is 5.91 Å². The molecule has 3 aromatic carbocycles. The fourth-order valence-corrected chi connectivity index (χ4v) is 4.37. The van der Waals surface area contributed by atoms with E-state index in [9.17, 15) is 17.6 Å². The molecule has 0 fully saturated rings. The molecule has 1 amide bonds. The molecule has 0 bridgehead atoms. The molecule has 0 aromatic heterocycles. The molecule has 0 radical (unpaired) electrons. The maximum atomic E-state index is 13.3. The summed E-state index contributed by atoms with van der Waals surface area (Å²) >= 11 is 0. The lowest BCUT2D eigenvalue weighted by molar-refractivity contribution is -0.119. The van der Waals surface area contributed by atoms with Crippen LogP contribution >= 0.6 is 0 Å². The van der Waals surface area contributed by atoms with Gasteiger partial charge >= 0.3 is 0 Å². The van der Waals surface area contributed by atoms with Crippen LogP contribution in [0.25, 0.3) is 0 Å². The van der Waals surface area contributed by atoms with Crippen LogP contribution in [0.1, 0.15) is 16.7 Å². The van der Waals surface area contributed by atoms with Gasteiger partial charge in [0.15, 0.2) is 0 Å². The van der Waals surface area contributed by atoms with Crippen molar-refractivity contribution in [1.29, 1.82) is 0 Å². The second-order valence-electron chi connectivity index (χ2n) is 7.00. The van der Waals surface area contributed by atoms with Crippen molar-refractivity contribution in [3.63, 3.8) is 0 Å². The molecule has 0 unspecified atom stereocenters. The van der Waals surface area contributed by atoms with Gasteiger partial charge in [-0.2, -0.15) is 0 Å². The summed E-state index contributed by atoms with van der Waals surface area (Å²) in [4.78, 5) is 12.5. The molecule has 30 heavy (non-hydrogen) atoms. The molecule has 0 aliphatic heterocycles. The Bertz CT molecular complexity index is 1130. The molecule has 0 aliphatic carbocycles. The highest BCUT2D eigenvalue weighted by Crippen LogP contribution is 2.24. The number of hydrogen-bond donors (Lipinski definition) is 1. The molecule has 156 valence electrons. The third-order valence-electron chi connectivity index (χ3n) is 4.75. The maximum absolute atomic E-state index is 13.3. The van der Waals surface area contributed by atoms with Gasteiger partial charge in [0, 0.05) is 6.54 Å². The zero-order valence-corrected chi connectivity index (χ0v) is 17.6. The van der Waals surface area contributed by atoms with Crippen molar-refractivity contribution in [2.75, 3.05) is 10.8 Å². The summed E-state index contributed by atoms with van der Waals surface area (Å²) < 4.78 is 40.7. The number of aryl methyl sites for hydroxylation is 2. The highest BCUT2D eigenvalue weighted by molar-refractivity contribution is 7.92. The first-order valence-corrected chi connectivity index (χ1v) is 10.9. The molecule has 3 rings (SSSR count). The van der Waals surface area contributed by atoms with Crippen molar-refractivity contribution in [2.45, 2.75) is 25.3 Å². The number of anilines is 1. The lowest BCUT2D eigenvalue weighted by Crippen LogP contribution is -2.40. The average Bonchev–Trinajstić information content (AvgIpc) is 2.72. The van der Waals surface area contributed by atoms with Crippen molar-refractivity contribution >= 4 is 21.6 Å². The monoisotopic (exact) mass is 426 g/mol. The van der Waals surface area contributed by atoms with Crippen LogP contribution in [0.2, 0.25) is 0 Å². The summed E-state index contributed by atoms with van der Waals surface area (Å²) in [5.74, 6) is -0.976. The average molecular weight is 427 g/mol. The Morgan fingerprint density at radius 2 is 1.57 bits per heavy atom. The second kappa shape index (κ2) is 9.09. The number of carbonyl (C=O) groups excluding carboxylic acids is 1. The van der Waals surface area contributed by atoms with E-state index in [2.05, 4.69) is 5.32 Å². The van der Waals surface area contributed by atoms with Crippen molar-refractivity contribution in [3.8, 4) is 0 Å². The van der Waals surface area contributed by atoms with Gasteiger partial charge in [-0.1, -0.05) is 42.0 Å². The van der Waals surface area contributed by atoms with E-state index in [4.69, 9.17) is 0 Å². The van der Waals surface area contributed by atoms with Gasteiger partial charge in [-0.15, -0.1) is 0 Å². The molecule has 0 heterocycles. The topological polar surface area (TPSA) is 66.5 Å². The number of amides is 1.